The van der Waals surface area contributed by atoms with Crippen molar-refractivity contribution in [2.45, 2.75) is 13.0 Å². The second kappa shape index (κ2) is 5.28. The molecule has 0 radical (unpaired) electrons. The zero-order valence-corrected chi connectivity index (χ0v) is 11.4. The lowest BCUT2D eigenvalue weighted by molar-refractivity contribution is -0.135. The van der Waals surface area contributed by atoms with Crippen LogP contribution in [0.4, 0.5) is 0 Å². The van der Waals surface area contributed by atoms with Gasteiger partial charge in [0.05, 0.1) is 0 Å². The van der Waals surface area contributed by atoms with E-state index in [4.69, 9.17) is 14.2 Å². The smallest absolute Gasteiger partial charge is 0.339 e. The van der Waals surface area contributed by atoms with Crippen molar-refractivity contribution in [1.29, 1.82) is 0 Å². The summed E-state index contributed by atoms with van der Waals surface area (Å²) in [7, 11) is 3.19. The molecule has 20 heavy (non-hydrogen) atoms. The van der Waals surface area contributed by atoms with Gasteiger partial charge in [0.15, 0.2) is 17.6 Å². The van der Waals surface area contributed by atoms with Gasteiger partial charge in [0.25, 0.3) is 5.91 Å². The van der Waals surface area contributed by atoms with Crippen molar-refractivity contribution in [1.82, 2.24) is 4.90 Å². The van der Waals surface area contributed by atoms with Gasteiger partial charge in [-0.05, 0) is 6.92 Å². The SMILES string of the molecule is CC(Oc1cc2c(cc1C(=O)O)OCO2)C(=O)N(C)C. The highest BCUT2D eigenvalue weighted by Crippen LogP contribution is 2.38. The molecule has 0 aromatic heterocycles. The fraction of sp³-hybridized carbons (Fsp3) is 0.385. The van der Waals surface area contributed by atoms with Crippen LogP contribution in [0.2, 0.25) is 0 Å². The lowest BCUT2D eigenvalue weighted by Crippen LogP contribution is -2.35. The monoisotopic (exact) mass is 281 g/mol. The second-order valence-corrected chi connectivity index (χ2v) is 4.50. The number of benzene rings is 1. The summed E-state index contributed by atoms with van der Waals surface area (Å²) in [5, 5.41) is 9.19. The van der Waals surface area contributed by atoms with E-state index in [1.807, 2.05) is 0 Å². The van der Waals surface area contributed by atoms with Gasteiger partial charge in [-0.3, -0.25) is 4.79 Å². The highest BCUT2D eigenvalue weighted by molar-refractivity contribution is 5.92. The highest BCUT2D eigenvalue weighted by atomic mass is 16.7. The average Bonchev–Trinajstić information content (AvgIpc) is 2.83. The number of carboxylic acids is 1. The van der Waals surface area contributed by atoms with Crippen LogP contribution in [0.25, 0.3) is 0 Å². The predicted molar refractivity (Wildman–Crippen MR) is 68.3 cm³/mol. The van der Waals surface area contributed by atoms with Crippen LogP contribution >= 0.6 is 0 Å². The van der Waals surface area contributed by atoms with E-state index in [1.54, 1.807) is 21.0 Å². The Labute approximate surface area is 115 Å². The Bertz CT molecular complexity index is 554. The topological polar surface area (TPSA) is 85.3 Å². The minimum atomic E-state index is -1.16. The Morgan fingerprint density at radius 2 is 1.90 bits per heavy atom. The first-order valence-electron chi connectivity index (χ1n) is 5.95. The average molecular weight is 281 g/mol. The molecule has 1 N–H and O–H groups in total. The maximum atomic E-state index is 11.8. The largest absolute Gasteiger partial charge is 0.480 e. The van der Waals surface area contributed by atoms with E-state index >= 15 is 0 Å². The van der Waals surface area contributed by atoms with Gasteiger partial charge in [-0.2, -0.15) is 0 Å². The van der Waals surface area contributed by atoms with Crippen molar-refractivity contribution < 1.29 is 28.9 Å². The number of rotatable bonds is 4. The fourth-order valence-electron chi connectivity index (χ4n) is 1.79. The molecule has 1 aromatic carbocycles. The first-order chi connectivity index (χ1) is 9.40. The number of nitrogens with zero attached hydrogens (tertiary/aromatic N) is 1. The van der Waals surface area contributed by atoms with E-state index in [2.05, 4.69) is 0 Å². The fourth-order valence-corrected chi connectivity index (χ4v) is 1.79. The molecule has 108 valence electrons. The Balaban J connectivity index is 2.31. The molecule has 0 fully saturated rings. The normalized spacial score (nSPS) is 13.8. The van der Waals surface area contributed by atoms with Crippen molar-refractivity contribution in [3.05, 3.63) is 17.7 Å². The molecule has 0 spiro atoms. The van der Waals surface area contributed by atoms with Gasteiger partial charge in [-0.25, -0.2) is 4.79 Å². The van der Waals surface area contributed by atoms with Crippen molar-refractivity contribution >= 4 is 11.9 Å². The maximum absolute atomic E-state index is 11.8. The standard InChI is InChI=1S/C13H15NO6/c1-7(12(15)14(2)3)20-9-5-11-10(18-6-19-11)4-8(9)13(16)17/h4-5,7H,6H2,1-3H3,(H,16,17). The Hall–Kier alpha value is -2.44. The molecule has 0 saturated carbocycles. The molecule has 1 unspecified atom stereocenters. The summed E-state index contributed by atoms with van der Waals surface area (Å²) in [5.74, 6) is -0.609. The van der Waals surface area contributed by atoms with Gasteiger partial charge >= 0.3 is 5.97 Å². The van der Waals surface area contributed by atoms with Gasteiger partial charge in [0.1, 0.15) is 11.3 Å². The van der Waals surface area contributed by atoms with Gasteiger partial charge < -0.3 is 24.2 Å². The van der Waals surface area contributed by atoms with Crippen LogP contribution in [0.15, 0.2) is 12.1 Å². The van der Waals surface area contributed by atoms with Crippen LogP contribution < -0.4 is 14.2 Å². The summed E-state index contributed by atoms with van der Waals surface area (Å²) in [6.45, 7) is 1.59. The molecule has 1 aromatic rings. The molecule has 7 heteroatoms. The third-order valence-electron chi connectivity index (χ3n) is 2.80. The quantitative estimate of drug-likeness (QED) is 0.885. The molecule has 2 rings (SSSR count). The lowest BCUT2D eigenvalue weighted by atomic mass is 10.1. The molecule has 1 amide bonds. The number of amides is 1. The van der Waals surface area contributed by atoms with Crippen LogP contribution in [-0.4, -0.2) is 48.9 Å². The van der Waals surface area contributed by atoms with E-state index in [9.17, 15) is 14.7 Å². The molecule has 1 aliphatic rings. The minimum Gasteiger partial charge on any atom is -0.480 e. The van der Waals surface area contributed by atoms with Crippen LogP contribution in [0.5, 0.6) is 17.2 Å². The number of ether oxygens (including phenoxy) is 3. The molecule has 7 nitrogen and oxygen atoms in total. The van der Waals surface area contributed by atoms with Crippen molar-refractivity contribution in [3.63, 3.8) is 0 Å². The van der Waals surface area contributed by atoms with Crippen LogP contribution in [0.1, 0.15) is 17.3 Å². The van der Waals surface area contributed by atoms with Crippen LogP contribution in [-0.2, 0) is 4.79 Å². The first kappa shape index (κ1) is 14.0. The minimum absolute atomic E-state index is 0.0318. The molecule has 1 aliphatic heterocycles. The molecule has 1 heterocycles. The molecule has 1 atom stereocenters. The summed E-state index contributed by atoms with van der Waals surface area (Å²) >= 11 is 0. The number of likely N-dealkylation sites (N-methyl/N-ethyl adjacent to an activating group) is 1. The number of carboxylic acid groups (broad SMARTS) is 1. The van der Waals surface area contributed by atoms with Crippen molar-refractivity contribution in [2.24, 2.45) is 0 Å². The second-order valence-electron chi connectivity index (χ2n) is 4.50. The molecule has 0 aliphatic carbocycles. The third-order valence-corrected chi connectivity index (χ3v) is 2.80. The zero-order chi connectivity index (χ0) is 14.9. The summed E-state index contributed by atoms with van der Waals surface area (Å²) < 4.78 is 15.7. The van der Waals surface area contributed by atoms with E-state index in [-0.39, 0.29) is 24.0 Å². The van der Waals surface area contributed by atoms with Crippen LogP contribution in [0, 0.1) is 0 Å². The van der Waals surface area contributed by atoms with E-state index in [1.165, 1.54) is 17.0 Å². The van der Waals surface area contributed by atoms with E-state index in [0.717, 1.165) is 0 Å². The number of hydrogen-bond acceptors (Lipinski definition) is 5. The third kappa shape index (κ3) is 2.61. The lowest BCUT2D eigenvalue weighted by Gasteiger charge is -2.19. The maximum Gasteiger partial charge on any atom is 0.339 e. The van der Waals surface area contributed by atoms with Gasteiger partial charge in [0, 0.05) is 26.2 Å². The van der Waals surface area contributed by atoms with E-state index < -0.39 is 12.1 Å². The number of fused-ring (bicyclic) bond motifs is 1. The summed E-state index contributed by atoms with van der Waals surface area (Å²) in [4.78, 5) is 24.4. The predicted octanol–water partition coefficient (Wildman–Crippen LogP) is 0.969. The van der Waals surface area contributed by atoms with Crippen molar-refractivity contribution in [3.8, 4) is 17.2 Å². The number of aromatic carboxylic acids is 1. The van der Waals surface area contributed by atoms with Gasteiger partial charge in [-0.15, -0.1) is 0 Å². The first-order valence-corrected chi connectivity index (χ1v) is 5.95. The molecular weight excluding hydrogens is 266 g/mol. The molecule has 0 bridgehead atoms. The number of hydrogen-bond donors (Lipinski definition) is 1. The van der Waals surface area contributed by atoms with Crippen LogP contribution in [0.3, 0.4) is 0 Å². The summed E-state index contributed by atoms with van der Waals surface area (Å²) in [6.07, 6.45) is -0.802. The Morgan fingerprint density at radius 1 is 1.30 bits per heavy atom. The highest BCUT2D eigenvalue weighted by Gasteiger charge is 2.24. The summed E-state index contributed by atoms with van der Waals surface area (Å²) in [5.41, 5.74) is -0.0762. The molecular formula is C13H15NO6. The zero-order valence-electron chi connectivity index (χ0n) is 11.4. The van der Waals surface area contributed by atoms with Gasteiger partial charge in [-0.1, -0.05) is 0 Å². The number of carbonyl (C=O) groups excluding carboxylic acids is 1. The summed E-state index contributed by atoms with van der Waals surface area (Å²) in [6, 6.07) is 2.75. The van der Waals surface area contributed by atoms with Crippen molar-refractivity contribution in [2.75, 3.05) is 20.9 Å². The molecule has 0 saturated heterocycles. The Kier molecular flexibility index (Phi) is 3.69. The Morgan fingerprint density at radius 3 is 2.45 bits per heavy atom. The number of carbonyl (C=O) groups is 2. The van der Waals surface area contributed by atoms with Gasteiger partial charge in [0.2, 0.25) is 6.79 Å². The van der Waals surface area contributed by atoms with E-state index in [0.29, 0.717) is 11.5 Å².